The van der Waals surface area contributed by atoms with E-state index in [-0.39, 0.29) is 28.7 Å². The molecule has 0 atom stereocenters. The number of ketones is 1. The molecule has 0 aliphatic carbocycles. The molecule has 0 spiro atoms. The summed E-state index contributed by atoms with van der Waals surface area (Å²) >= 11 is 5.51. The van der Waals surface area contributed by atoms with Crippen molar-refractivity contribution in [3.63, 3.8) is 0 Å². The summed E-state index contributed by atoms with van der Waals surface area (Å²) in [4.78, 5) is 11.0. The van der Waals surface area contributed by atoms with E-state index < -0.39 is 0 Å². The summed E-state index contributed by atoms with van der Waals surface area (Å²) in [6.45, 7) is 1.34. The Labute approximate surface area is 80.6 Å². The third kappa shape index (κ3) is 1.92. The third-order valence-electron chi connectivity index (χ3n) is 1.72. The van der Waals surface area contributed by atoms with Crippen LogP contribution in [-0.4, -0.2) is 16.0 Å². The lowest BCUT2D eigenvalue weighted by Gasteiger charge is -2.05. The second-order valence-corrected chi connectivity index (χ2v) is 2.96. The van der Waals surface area contributed by atoms with Crippen molar-refractivity contribution in [3.05, 3.63) is 23.3 Å². The Bertz CT molecular complexity index is 347. The number of alkyl halides is 1. The maximum Gasteiger partial charge on any atom is 0.163 e. The molecular formula is C9H9ClO3. The molecule has 0 unspecified atom stereocenters. The first-order valence-corrected chi connectivity index (χ1v) is 4.21. The van der Waals surface area contributed by atoms with Gasteiger partial charge in [-0.15, -0.1) is 11.6 Å². The zero-order chi connectivity index (χ0) is 10.0. The number of aromatic hydroxyl groups is 2. The quantitative estimate of drug-likeness (QED) is 0.568. The van der Waals surface area contributed by atoms with Gasteiger partial charge in [0.15, 0.2) is 5.78 Å². The predicted molar refractivity (Wildman–Crippen MR) is 49.3 cm³/mol. The van der Waals surface area contributed by atoms with Crippen molar-refractivity contribution in [2.24, 2.45) is 0 Å². The Morgan fingerprint density at radius 3 is 2.46 bits per heavy atom. The Balaban J connectivity index is 3.30. The highest BCUT2D eigenvalue weighted by Gasteiger charge is 2.10. The lowest BCUT2D eigenvalue weighted by atomic mass is 10.1. The average molecular weight is 201 g/mol. The molecule has 0 radical (unpaired) electrons. The Hall–Kier alpha value is -1.22. The summed E-state index contributed by atoms with van der Waals surface area (Å²) in [7, 11) is 0. The van der Waals surface area contributed by atoms with Crippen molar-refractivity contribution in [3.8, 4) is 11.5 Å². The molecule has 70 valence electrons. The molecule has 0 aliphatic heterocycles. The van der Waals surface area contributed by atoms with Crippen molar-refractivity contribution in [1.29, 1.82) is 0 Å². The molecule has 13 heavy (non-hydrogen) atoms. The smallest absolute Gasteiger partial charge is 0.163 e. The first-order valence-electron chi connectivity index (χ1n) is 3.68. The summed E-state index contributed by atoms with van der Waals surface area (Å²) in [5.74, 6) is -0.480. The van der Waals surface area contributed by atoms with E-state index in [9.17, 15) is 15.0 Å². The molecule has 1 aromatic rings. The molecule has 2 N–H and O–H groups in total. The van der Waals surface area contributed by atoms with Gasteiger partial charge in [0, 0.05) is 11.6 Å². The van der Waals surface area contributed by atoms with Gasteiger partial charge < -0.3 is 10.2 Å². The zero-order valence-electron chi connectivity index (χ0n) is 7.04. The number of Topliss-reactive ketones (excluding diaryl/α,β-unsaturated/α-hetero) is 1. The summed E-state index contributed by atoms with van der Waals surface area (Å²) in [5, 5.41) is 18.5. The summed E-state index contributed by atoms with van der Waals surface area (Å²) in [5.41, 5.74) is 0.609. The fourth-order valence-electron chi connectivity index (χ4n) is 1.01. The number of benzene rings is 1. The van der Waals surface area contributed by atoms with Gasteiger partial charge in [-0.3, -0.25) is 4.79 Å². The van der Waals surface area contributed by atoms with Gasteiger partial charge in [0.25, 0.3) is 0 Å². The average Bonchev–Trinajstić information content (AvgIpc) is 2.03. The van der Waals surface area contributed by atoms with E-state index in [1.165, 1.54) is 13.0 Å². The number of carbonyl (C=O) groups is 1. The van der Waals surface area contributed by atoms with Crippen LogP contribution in [0.15, 0.2) is 12.1 Å². The number of rotatable bonds is 2. The van der Waals surface area contributed by atoms with Crippen LogP contribution in [0.4, 0.5) is 0 Å². The number of hydrogen-bond acceptors (Lipinski definition) is 3. The molecule has 0 aliphatic rings. The van der Waals surface area contributed by atoms with Crippen molar-refractivity contribution in [2.75, 3.05) is 0 Å². The zero-order valence-corrected chi connectivity index (χ0v) is 7.80. The number of carbonyl (C=O) groups excluding carboxylic acids is 1. The van der Waals surface area contributed by atoms with Crippen molar-refractivity contribution in [2.45, 2.75) is 12.8 Å². The molecular weight excluding hydrogens is 192 g/mol. The van der Waals surface area contributed by atoms with Crippen LogP contribution in [0.25, 0.3) is 0 Å². The van der Waals surface area contributed by atoms with Crippen LogP contribution in [0, 0.1) is 0 Å². The molecule has 0 fully saturated rings. The molecule has 0 aromatic heterocycles. The molecule has 1 rings (SSSR count). The van der Waals surface area contributed by atoms with Crippen LogP contribution in [-0.2, 0) is 5.88 Å². The normalized spacial score (nSPS) is 10.0. The van der Waals surface area contributed by atoms with Crippen LogP contribution in [0.5, 0.6) is 11.5 Å². The third-order valence-corrected chi connectivity index (χ3v) is 2.01. The topological polar surface area (TPSA) is 57.5 Å². The van der Waals surface area contributed by atoms with E-state index in [1.807, 2.05) is 0 Å². The monoisotopic (exact) mass is 200 g/mol. The van der Waals surface area contributed by atoms with E-state index in [0.29, 0.717) is 5.56 Å². The summed E-state index contributed by atoms with van der Waals surface area (Å²) in [6, 6.07) is 2.51. The van der Waals surface area contributed by atoms with Gasteiger partial charge in [-0.2, -0.15) is 0 Å². The first-order chi connectivity index (χ1) is 6.06. The molecule has 1 aromatic carbocycles. The van der Waals surface area contributed by atoms with Gasteiger partial charge in [-0.25, -0.2) is 0 Å². The number of halogens is 1. The largest absolute Gasteiger partial charge is 0.507 e. The van der Waals surface area contributed by atoms with Crippen molar-refractivity contribution < 1.29 is 15.0 Å². The predicted octanol–water partition coefficient (Wildman–Crippen LogP) is 2.04. The minimum absolute atomic E-state index is 0.0995. The maximum atomic E-state index is 11.0. The van der Waals surface area contributed by atoms with Crippen molar-refractivity contribution in [1.82, 2.24) is 0 Å². The van der Waals surface area contributed by atoms with Crippen LogP contribution < -0.4 is 0 Å². The second kappa shape index (κ2) is 3.66. The van der Waals surface area contributed by atoms with Crippen LogP contribution >= 0.6 is 11.6 Å². The molecule has 0 amide bonds. The highest BCUT2D eigenvalue weighted by atomic mass is 35.5. The molecule has 3 nitrogen and oxygen atoms in total. The molecule has 0 saturated heterocycles. The van der Waals surface area contributed by atoms with E-state index in [4.69, 9.17) is 11.6 Å². The number of hydrogen-bond donors (Lipinski definition) is 2. The summed E-state index contributed by atoms with van der Waals surface area (Å²) < 4.78 is 0. The SMILES string of the molecule is CC(=O)c1cc(CCl)c(O)cc1O. The van der Waals surface area contributed by atoms with Gasteiger partial charge in [0.1, 0.15) is 11.5 Å². The van der Waals surface area contributed by atoms with E-state index in [1.54, 1.807) is 0 Å². The maximum absolute atomic E-state index is 11.0. The lowest BCUT2D eigenvalue weighted by molar-refractivity contribution is 0.101. The van der Waals surface area contributed by atoms with Gasteiger partial charge in [-0.05, 0) is 13.0 Å². The standard InChI is InChI=1S/C9H9ClO3/c1-5(11)7-2-6(4-10)8(12)3-9(7)13/h2-3,12-13H,4H2,1H3. The second-order valence-electron chi connectivity index (χ2n) is 2.69. The minimum Gasteiger partial charge on any atom is -0.507 e. The lowest BCUT2D eigenvalue weighted by Crippen LogP contribution is -1.94. The molecule has 4 heteroatoms. The van der Waals surface area contributed by atoms with Gasteiger partial charge >= 0.3 is 0 Å². The van der Waals surface area contributed by atoms with Gasteiger partial charge in [0.05, 0.1) is 11.4 Å². The highest BCUT2D eigenvalue weighted by molar-refractivity contribution is 6.17. The highest BCUT2D eigenvalue weighted by Crippen LogP contribution is 2.28. The van der Waals surface area contributed by atoms with E-state index in [0.717, 1.165) is 6.07 Å². The van der Waals surface area contributed by atoms with Crippen molar-refractivity contribution >= 4 is 17.4 Å². The van der Waals surface area contributed by atoms with Crippen LogP contribution in [0.3, 0.4) is 0 Å². The first kappa shape index (κ1) is 9.86. The Morgan fingerprint density at radius 2 is 2.00 bits per heavy atom. The van der Waals surface area contributed by atoms with E-state index >= 15 is 0 Å². The number of phenolic OH excluding ortho intramolecular Hbond substituents is 2. The minimum atomic E-state index is -0.260. The fourth-order valence-corrected chi connectivity index (χ4v) is 1.23. The van der Waals surface area contributed by atoms with Gasteiger partial charge in [0.2, 0.25) is 0 Å². The van der Waals surface area contributed by atoms with E-state index in [2.05, 4.69) is 0 Å². The molecule has 0 saturated carbocycles. The molecule has 0 bridgehead atoms. The Kier molecular flexibility index (Phi) is 2.78. The fraction of sp³-hybridized carbons (Fsp3) is 0.222. The van der Waals surface area contributed by atoms with Crippen LogP contribution in [0.1, 0.15) is 22.8 Å². The summed E-state index contributed by atoms with van der Waals surface area (Å²) in [6.07, 6.45) is 0. The van der Waals surface area contributed by atoms with Gasteiger partial charge in [-0.1, -0.05) is 0 Å². The number of phenols is 2. The Morgan fingerprint density at radius 1 is 1.38 bits per heavy atom. The molecule has 0 heterocycles. The van der Waals surface area contributed by atoms with Crippen LogP contribution in [0.2, 0.25) is 0 Å².